The number of piperazine rings is 1. The summed E-state index contributed by atoms with van der Waals surface area (Å²) in [6.07, 6.45) is 1.72. The Hall–Kier alpha value is -5.73. The molecule has 0 unspecified atom stereocenters. The predicted octanol–water partition coefficient (Wildman–Crippen LogP) is 5.34. The normalized spacial score (nSPS) is 24.3. The van der Waals surface area contributed by atoms with E-state index in [9.17, 15) is 18.8 Å². The number of halogens is 3. The van der Waals surface area contributed by atoms with Gasteiger partial charge in [0.25, 0.3) is 5.91 Å². The van der Waals surface area contributed by atoms with Crippen molar-refractivity contribution in [2.24, 2.45) is 5.92 Å². The first kappa shape index (κ1) is 53.1. The second kappa shape index (κ2) is 23.0. The van der Waals surface area contributed by atoms with E-state index in [4.69, 9.17) is 9.47 Å². The highest BCUT2D eigenvalue weighted by molar-refractivity contribution is 6.07. The fourth-order valence-corrected chi connectivity index (χ4v) is 11.3. The lowest BCUT2D eigenvalue weighted by Gasteiger charge is -2.43. The Morgan fingerprint density at radius 3 is 2.35 bits per heavy atom. The Bertz CT molecular complexity index is 2670. The van der Waals surface area contributed by atoms with E-state index >= 15 is 13.6 Å². The number of hydrogen-bond acceptors (Lipinski definition) is 11. The van der Waals surface area contributed by atoms with E-state index in [-0.39, 0.29) is 67.4 Å². The molecule has 0 radical (unpaired) electrons. The molecule has 9 rings (SSSR count). The Kier molecular flexibility index (Phi) is 16.5. The number of amides is 4. The highest BCUT2D eigenvalue weighted by Gasteiger charge is 2.48. The smallest absolute Gasteiger partial charge is 0.252 e. The fourth-order valence-electron chi connectivity index (χ4n) is 11.3. The molecule has 18 heteroatoms. The average Bonchev–Trinajstić information content (AvgIpc) is 3.93. The number of nitrogens with one attached hydrogen (secondary N) is 5. The van der Waals surface area contributed by atoms with Crippen molar-refractivity contribution in [2.75, 3.05) is 94.8 Å². The summed E-state index contributed by atoms with van der Waals surface area (Å²) in [5.74, 6) is -4.09. The van der Waals surface area contributed by atoms with Gasteiger partial charge in [-0.15, -0.1) is 0 Å². The van der Waals surface area contributed by atoms with Crippen molar-refractivity contribution >= 4 is 40.7 Å². The van der Waals surface area contributed by atoms with Crippen molar-refractivity contribution in [3.05, 3.63) is 124 Å². The highest BCUT2D eigenvalue weighted by atomic mass is 19.1. The number of likely N-dealkylation sites (N-methyl/N-ethyl adjacent to an activating group) is 1. The maximum Gasteiger partial charge on any atom is 0.252 e. The van der Waals surface area contributed by atoms with Gasteiger partial charge in [0.1, 0.15) is 29.2 Å². The summed E-state index contributed by atoms with van der Waals surface area (Å²) in [7, 11) is 1.83. The molecular weight excluding hydrogens is 952 g/mol. The van der Waals surface area contributed by atoms with Crippen molar-refractivity contribution in [1.29, 1.82) is 0 Å². The quantitative estimate of drug-likeness (QED) is 0.0988. The van der Waals surface area contributed by atoms with E-state index in [1.54, 1.807) is 35.2 Å². The zero-order chi connectivity index (χ0) is 52.3. The predicted molar refractivity (Wildman–Crippen MR) is 277 cm³/mol. The maximum absolute atomic E-state index is 15.1. The van der Waals surface area contributed by atoms with Crippen LogP contribution in [0.3, 0.4) is 0 Å². The molecule has 5 N–H and O–H groups in total. The number of para-hydroxylation sites is 1. The lowest BCUT2D eigenvalue weighted by molar-refractivity contribution is -0.142. The minimum atomic E-state index is -1.32. The van der Waals surface area contributed by atoms with Gasteiger partial charge in [-0.05, 0) is 130 Å². The first-order chi connectivity index (χ1) is 35.6. The van der Waals surface area contributed by atoms with Gasteiger partial charge in [0.2, 0.25) is 17.7 Å². The van der Waals surface area contributed by atoms with Gasteiger partial charge in [-0.2, -0.15) is 0 Å². The number of ether oxygens (including phenoxy) is 2. The summed E-state index contributed by atoms with van der Waals surface area (Å²) in [5.41, 5.74) is 2.51. The molecule has 4 aromatic carbocycles. The van der Waals surface area contributed by atoms with E-state index in [1.165, 1.54) is 23.1 Å². The van der Waals surface area contributed by atoms with Crippen LogP contribution in [0.15, 0.2) is 78.9 Å². The van der Waals surface area contributed by atoms with Crippen LogP contribution in [0, 0.1) is 23.4 Å². The van der Waals surface area contributed by atoms with Gasteiger partial charge in [-0.3, -0.25) is 29.0 Å². The zero-order valence-electron chi connectivity index (χ0n) is 43.0. The maximum atomic E-state index is 15.1. The molecule has 4 aromatic rings. The van der Waals surface area contributed by atoms with E-state index in [0.29, 0.717) is 86.8 Å². The van der Waals surface area contributed by atoms with Crippen LogP contribution in [0.25, 0.3) is 0 Å². The SMILES string of the molecule is CN[C@@H](C)CN[C@H](C(=O)N1Cc2ccc(NC(=O)[C@]3(C)CN(C(=O)CN4C[C@@H](C)NC[C@@H]4CN4CCOC[C@H]4C)c4cc(Cc5ccc(F)cc5)ccc43)cc2[C@H]1C(=O)Nc1c(F)cccc1F)C1CCOCC1. The van der Waals surface area contributed by atoms with Gasteiger partial charge in [-0.25, -0.2) is 13.2 Å². The molecule has 5 aliphatic heterocycles. The number of nitrogens with zero attached hydrogens (tertiary/aromatic N) is 4. The third-order valence-corrected chi connectivity index (χ3v) is 15.8. The molecule has 74 heavy (non-hydrogen) atoms. The molecule has 4 amide bonds. The number of morpholine rings is 1. The molecular formula is C56H70F3N9O6. The summed E-state index contributed by atoms with van der Waals surface area (Å²) >= 11 is 0. The van der Waals surface area contributed by atoms with Gasteiger partial charge in [0.15, 0.2) is 0 Å². The molecule has 5 aliphatic rings. The Labute approximate surface area is 431 Å². The van der Waals surface area contributed by atoms with Crippen molar-refractivity contribution < 1.29 is 41.8 Å². The van der Waals surface area contributed by atoms with Crippen LogP contribution in [0.2, 0.25) is 0 Å². The van der Waals surface area contributed by atoms with Crippen LogP contribution in [-0.4, -0.2) is 148 Å². The van der Waals surface area contributed by atoms with Gasteiger partial charge < -0.3 is 45.9 Å². The lowest BCUT2D eigenvalue weighted by atomic mass is 9.82. The zero-order valence-corrected chi connectivity index (χ0v) is 43.0. The molecule has 7 atom stereocenters. The summed E-state index contributed by atoms with van der Waals surface area (Å²) in [6, 6.07) is 19.0. The van der Waals surface area contributed by atoms with Crippen LogP contribution in [0.5, 0.6) is 0 Å². The molecule has 0 bridgehead atoms. The minimum Gasteiger partial charge on any atom is -0.381 e. The summed E-state index contributed by atoms with van der Waals surface area (Å²) in [5, 5.41) is 15.8. The van der Waals surface area contributed by atoms with E-state index in [1.807, 2.05) is 39.1 Å². The molecule has 15 nitrogen and oxygen atoms in total. The van der Waals surface area contributed by atoms with E-state index < -0.39 is 46.6 Å². The number of rotatable bonds is 16. The summed E-state index contributed by atoms with van der Waals surface area (Å²) < 4.78 is 55.5. The van der Waals surface area contributed by atoms with Gasteiger partial charge in [-0.1, -0.05) is 36.4 Å². The monoisotopic (exact) mass is 1020 g/mol. The van der Waals surface area contributed by atoms with Crippen molar-refractivity contribution in [2.45, 2.75) is 95.2 Å². The summed E-state index contributed by atoms with van der Waals surface area (Å²) in [6.45, 7) is 14.0. The number of anilines is 3. The molecule has 0 spiro atoms. The van der Waals surface area contributed by atoms with Crippen LogP contribution in [-0.2, 0) is 47.0 Å². The van der Waals surface area contributed by atoms with Crippen LogP contribution in [0.1, 0.15) is 74.4 Å². The summed E-state index contributed by atoms with van der Waals surface area (Å²) in [4.78, 5) is 67.3. The molecule has 0 aromatic heterocycles. The van der Waals surface area contributed by atoms with Gasteiger partial charge in [0.05, 0.1) is 31.2 Å². The molecule has 0 saturated carbocycles. The largest absolute Gasteiger partial charge is 0.381 e. The van der Waals surface area contributed by atoms with Crippen LogP contribution >= 0.6 is 0 Å². The molecule has 3 fully saturated rings. The van der Waals surface area contributed by atoms with Crippen molar-refractivity contribution in [1.82, 2.24) is 30.7 Å². The topological polar surface area (TPSA) is 160 Å². The van der Waals surface area contributed by atoms with Crippen LogP contribution in [0.4, 0.5) is 30.2 Å². The van der Waals surface area contributed by atoms with E-state index in [0.717, 1.165) is 42.9 Å². The standard InChI is InChI=1S/C56H70F3N9O6/c1-34(60-5)26-62-50(39-17-20-73-21-18-39)54(71)67-29-40-12-15-42(25-44(40)52(67)53(70)64-51-46(58)7-6-8-47(51)59)63-55(72)56(4)33-68(48-24-38(11-16-45(48)56)23-37-9-13-41(57)14-10-37)49(69)31-66-28-35(2)61-27-43(66)30-65-19-22-74-32-36(65)3/h6-16,24-25,34-36,39,43,50,52,60-62H,17-23,26-33H2,1-5H3,(H,63,72)(H,64,70)/t34-,35+,36+,43+,50-,52-,56+/m0/s1. The second-order valence-corrected chi connectivity index (χ2v) is 21.1. The molecule has 5 heterocycles. The first-order valence-electron chi connectivity index (χ1n) is 26.1. The lowest BCUT2D eigenvalue weighted by Crippen LogP contribution is -2.62. The number of carbonyl (C=O) groups is 4. The number of hydrogen-bond donors (Lipinski definition) is 5. The Balaban J connectivity index is 1.01. The van der Waals surface area contributed by atoms with Crippen molar-refractivity contribution in [3.8, 4) is 0 Å². The third kappa shape index (κ3) is 11.6. The van der Waals surface area contributed by atoms with Crippen LogP contribution < -0.4 is 31.5 Å². The molecule has 0 aliphatic carbocycles. The number of carbonyl (C=O) groups excluding carboxylic acids is 4. The third-order valence-electron chi connectivity index (χ3n) is 15.8. The molecule has 3 saturated heterocycles. The number of fused-ring (bicyclic) bond motifs is 2. The number of benzene rings is 4. The molecule has 396 valence electrons. The van der Waals surface area contributed by atoms with Crippen molar-refractivity contribution in [3.63, 3.8) is 0 Å². The van der Waals surface area contributed by atoms with Gasteiger partial charge >= 0.3 is 0 Å². The Morgan fingerprint density at radius 2 is 1.62 bits per heavy atom. The fraction of sp³-hybridized carbons (Fsp3) is 0.500. The second-order valence-electron chi connectivity index (χ2n) is 21.1. The minimum absolute atomic E-state index is 0.0237. The van der Waals surface area contributed by atoms with Gasteiger partial charge in [0, 0.05) is 94.6 Å². The van der Waals surface area contributed by atoms with E-state index in [2.05, 4.69) is 50.2 Å². The Morgan fingerprint density at radius 1 is 0.878 bits per heavy atom. The average molecular weight is 1020 g/mol. The first-order valence-corrected chi connectivity index (χ1v) is 26.1. The highest BCUT2D eigenvalue weighted by Crippen LogP contribution is 2.44.